The van der Waals surface area contributed by atoms with Gasteiger partial charge in [-0.25, -0.2) is 9.37 Å². The van der Waals surface area contributed by atoms with E-state index >= 15 is 0 Å². The molecule has 1 amide bonds. The van der Waals surface area contributed by atoms with Crippen LogP contribution in [0.3, 0.4) is 0 Å². The van der Waals surface area contributed by atoms with Crippen LogP contribution in [0.25, 0.3) is 33.1 Å². The van der Waals surface area contributed by atoms with Gasteiger partial charge in [-0.1, -0.05) is 28.1 Å². The standard InChI is InChI=1S/C20H15BrFIN4O/c21-11-4-5-17-13(8-11)15(10-25-17)18-9-14(20(28)24-6-7-26-23)12-2-1-3-16(22)19(12)27-18/h1-5,8-10,25-26H,6-7H2,(H,24,28). The first-order valence-electron chi connectivity index (χ1n) is 8.56. The average molecular weight is 553 g/mol. The first-order chi connectivity index (χ1) is 13.6. The normalized spacial score (nSPS) is 11.2. The van der Waals surface area contributed by atoms with E-state index in [4.69, 9.17) is 0 Å². The van der Waals surface area contributed by atoms with Gasteiger partial charge >= 0.3 is 0 Å². The Morgan fingerprint density at radius 1 is 1.18 bits per heavy atom. The molecule has 28 heavy (non-hydrogen) atoms. The number of pyridine rings is 1. The number of hydrogen-bond donors (Lipinski definition) is 3. The van der Waals surface area contributed by atoms with Crippen molar-refractivity contribution in [2.24, 2.45) is 0 Å². The van der Waals surface area contributed by atoms with Crippen molar-refractivity contribution < 1.29 is 9.18 Å². The van der Waals surface area contributed by atoms with Crippen molar-refractivity contribution in [1.29, 1.82) is 0 Å². The monoisotopic (exact) mass is 552 g/mol. The molecule has 2 aromatic heterocycles. The van der Waals surface area contributed by atoms with Crippen molar-refractivity contribution in [3.05, 3.63) is 64.5 Å². The molecule has 142 valence electrons. The summed E-state index contributed by atoms with van der Waals surface area (Å²) in [5, 5.41) is 4.29. The maximum Gasteiger partial charge on any atom is 0.252 e. The second kappa shape index (κ2) is 8.14. The highest BCUT2D eigenvalue weighted by Gasteiger charge is 2.17. The minimum absolute atomic E-state index is 0.182. The second-order valence-corrected chi connectivity index (χ2v) is 7.90. The molecule has 2 aromatic carbocycles. The molecule has 0 radical (unpaired) electrons. The number of halogens is 3. The number of nitrogens with one attached hydrogen (secondary N) is 3. The lowest BCUT2D eigenvalue weighted by Crippen LogP contribution is -2.29. The van der Waals surface area contributed by atoms with Gasteiger partial charge in [-0.15, -0.1) is 0 Å². The Kier molecular flexibility index (Phi) is 5.61. The number of benzene rings is 2. The quantitative estimate of drug-likeness (QED) is 0.186. The average Bonchev–Trinajstić information content (AvgIpc) is 3.11. The van der Waals surface area contributed by atoms with Crippen molar-refractivity contribution in [3.8, 4) is 11.3 Å². The Morgan fingerprint density at radius 3 is 2.86 bits per heavy atom. The molecule has 0 fully saturated rings. The van der Waals surface area contributed by atoms with Gasteiger partial charge in [0, 0.05) is 68.5 Å². The van der Waals surface area contributed by atoms with Crippen LogP contribution >= 0.6 is 38.8 Å². The van der Waals surface area contributed by atoms with E-state index in [-0.39, 0.29) is 11.4 Å². The highest BCUT2D eigenvalue weighted by atomic mass is 127. The first kappa shape index (κ1) is 19.3. The number of aromatic nitrogens is 2. The Hall–Kier alpha value is -2.04. The number of nitrogens with zero attached hydrogens (tertiary/aromatic N) is 1. The first-order valence-corrected chi connectivity index (χ1v) is 10.4. The fourth-order valence-electron chi connectivity index (χ4n) is 3.16. The number of para-hydroxylation sites is 1. The molecule has 8 heteroatoms. The third-order valence-corrected chi connectivity index (χ3v) is 5.49. The number of carbonyl (C=O) groups excluding carboxylic acids is 1. The number of amides is 1. The minimum atomic E-state index is -0.455. The smallest absolute Gasteiger partial charge is 0.252 e. The van der Waals surface area contributed by atoms with Crippen LogP contribution in [0.2, 0.25) is 0 Å². The molecule has 0 aliphatic carbocycles. The molecule has 4 rings (SSSR count). The van der Waals surface area contributed by atoms with Crippen LogP contribution in [0.4, 0.5) is 4.39 Å². The van der Waals surface area contributed by atoms with E-state index in [2.05, 4.69) is 34.7 Å². The van der Waals surface area contributed by atoms with E-state index in [0.717, 1.165) is 20.9 Å². The lowest BCUT2D eigenvalue weighted by molar-refractivity contribution is 0.0956. The summed E-state index contributed by atoms with van der Waals surface area (Å²) in [4.78, 5) is 20.5. The number of rotatable bonds is 5. The summed E-state index contributed by atoms with van der Waals surface area (Å²) in [5.41, 5.74) is 2.87. The van der Waals surface area contributed by atoms with Crippen LogP contribution in [0.1, 0.15) is 10.4 Å². The van der Waals surface area contributed by atoms with Gasteiger partial charge in [-0.2, -0.15) is 0 Å². The molecule has 0 unspecified atom stereocenters. The molecular weight excluding hydrogens is 538 g/mol. The summed E-state index contributed by atoms with van der Waals surface area (Å²) in [7, 11) is 0. The van der Waals surface area contributed by atoms with Crippen LogP contribution in [0, 0.1) is 5.82 Å². The zero-order chi connectivity index (χ0) is 19.7. The van der Waals surface area contributed by atoms with Gasteiger partial charge in [0.15, 0.2) is 0 Å². The van der Waals surface area contributed by atoms with E-state index in [9.17, 15) is 9.18 Å². The Morgan fingerprint density at radius 2 is 2.04 bits per heavy atom. The fraction of sp³-hybridized carbons (Fsp3) is 0.100. The van der Waals surface area contributed by atoms with Gasteiger partial charge in [0.25, 0.3) is 5.91 Å². The zero-order valence-electron chi connectivity index (χ0n) is 14.5. The Bertz CT molecular complexity index is 1190. The van der Waals surface area contributed by atoms with Crippen molar-refractivity contribution in [2.45, 2.75) is 0 Å². The fourth-order valence-corrected chi connectivity index (χ4v) is 3.79. The minimum Gasteiger partial charge on any atom is -0.360 e. The molecule has 0 saturated heterocycles. The van der Waals surface area contributed by atoms with E-state index in [1.54, 1.807) is 18.2 Å². The highest BCUT2D eigenvalue weighted by molar-refractivity contribution is 14.1. The maximum atomic E-state index is 14.5. The van der Waals surface area contributed by atoms with Crippen molar-refractivity contribution in [2.75, 3.05) is 13.1 Å². The number of H-pyrrole nitrogens is 1. The molecule has 0 atom stereocenters. The van der Waals surface area contributed by atoms with Gasteiger partial charge < -0.3 is 10.3 Å². The molecule has 0 saturated carbocycles. The molecule has 3 N–H and O–H groups in total. The molecule has 5 nitrogen and oxygen atoms in total. The Balaban J connectivity index is 1.90. The molecular formula is C20H15BrFIN4O. The van der Waals surface area contributed by atoms with Crippen LogP contribution < -0.4 is 8.85 Å². The number of aromatic amines is 1. The summed E-state index contributed by atoms with van der Waals surface area (Å²) < 4.78 is 18.4. The van der Waals surface area contributed by atoms with Gasteiger partial charge in [0.1, 0.15) is 11.3 Å². The van der Waals surface area contributed by atoms with E-state index < -0.39 is 5.82 Å². The van der Waals surface area contributed by atoms with Crippen molar-refractivity contribution in [1.82, 2.24) is 18.8 Å². The number of carbonyl (C=O) groups is 1. The van der Waals surface area contributed by atoms with Gasteiger partial charge in [0.05, 0.1) is 11.3 Å². The van der Waals surface area contributed by atoms with Gasteiger partial charge in [-0.05, 0) is 30.3 Å². The van der Waals surface area contributed by atoms with Crippen LogP contribution in [-0.2, 0) is 0 Å². The van der Waals surface area contributed by atoms with Crippen molar-refractivity contribution in [3.63, 3.8) is 0 Å². The Labute approximate surface area is 182 Å². The van der Waals surface area contributed by atoms with Gasteiger partial charge in [0.2, 0.25) is 0 Å². The molecule has 0 aliphatic rings. The summed E-state index contributed by atoms with van der Waals surface area (Å²) in [5.74, 6) is -0.713. The largest absolute Gasteiger partial charge is 0.360 e. The number of hydrogen-bond acceptors (Lipinski definition) is 3. The predicted octanol–water partition coefficient (Wildman–Crippen LogP) is 4.95. The SMILES string of the molecule is O=C(NCCNI)c1cc(-c2c[nH]c3ccc(Br)cc23)nc2c(F)cccc12. The van der Waals surface area contributed by atoms with E-state index in [1.165, 1.54) is 6.07 Å². The summed E-state index contributed by atoms with van der Waals surface area (Å²) >= 11 is 5.51. The molecule has 0 aliphatic heterocycles. The highest BCUT2D eigenvalue weighted by Crippen LogP contribution is 2.32. The molecule has 2 heterocycles. The predicted molar refractivity (Wildman–Crippen MR) is 121 cm³/mol. The maximum absolute atomic E-state index is 14.5. The lowest BCUT2D eigenvalue weighted by Gasteiger charge is -2.11. The third-order valence-electron chi connectivity index (χ3n) is 4.46. The zero-order valence-corrected chi connectivity index (χ0v) is 18.3. The molecule has 0 spiro atoms. The third kappa shape index (κ3) is 3.63. The lowest BCUT2D eigenvalue weighted by atomic mass is 10.0. The number of fused-ring (bicyclic) bond motifs is 2. The van der Waals surface area contributed by atoms with Crippen LogP contribution in [-0.4, -0.2) is 29.0 Å². The van der Waals surface area contributed by atoms with Gasteiger partial charge in [-0.3, -0.25) is 8.32 Å². The summed E-state index contributed by atoms with van der Waals surface area (Å²) in [6.07, 6.45) is 1.83. The van der Waals surface area contributed by atoms with Crippen LogP contribution in [0.15, 0.2) is 53.1 Å². The van der Waals surface area contributed by atoms with E-state index in [0.29, 0.717) is 29.7 Å². The molecule has 4 aromatic rings. The molecule has 0 bridgehead atoms. The van der Waals surface area contributed by atoms with Crippen molar-refractivity contribution >= 4 is 66.5 Å². The second-order valence-electron chi connectivity index (χ2n) is 6.22. The summed E-state index contributed by atoms with van der Waals surface area (Å²) in [6.45, 7) is 1.10. The van der Waals surface area contributed by atoms with E-state index in [1.807, 2.05) is 47.3 Å². The topological polar surface area (TPSA) is 69.8 Å². The van der Waals surface area contributed by atoms with Crippen LogP contribution in [0.5, 0.6) is 0 Å². The summed E-state index contributed by atoms with van der Waals surface area (Å²) in [6, 6.07) is 12.2.